The van der Waals surface area contributed by atoms with Gasteiger partial charge < -0.3 is 45.9 Å². The summed E-state index contributed by atoms with van der Waals surface area (Å²) in [6.45, 7) is 2.78. The summed E-state index contributed by atoms with van der Waals surface area (Å²) in [6.07, 6.45) is 6.90. The molecule has 0 radical (unpaired) electrons. The van der Waals surface area contributed by atoms with Gasteiger partial charge in [0.15, 0.2) is 0 Å². The van der Waals surface area contributed by atoms with Crippen molar-refractivity contribution >= 4 is 66.5 Å². The van der Waals surface area contributed by atoms with Crippen LogP contribution in [-0.4, -0.2) is 122 Å². The van der Waals surface area contributed by atoms with Gasteiger partial charge >= 0.3 is 63.3 Å². The molecule has 9 rings (SSSR count). The Labute approximate surface area is 501 Å². The first-order chi connectivity index (χ1) is 36.7. The van der Waals surface area contributed by atoms with Crippen molar-refractivity contribution in [1.29, 1.82) is 0 Å². The van der Waals surface area contributed by atoms with Gasteiger partial charge in [-0.05, 0) is 135 Å². The van der Waals surface area contributed by atoms with E-state index in [4.69, 9.17) is 21.1 Å². The standard InChI is InChI=1S/C19H20N2O3.C18H19N3O3.C13H17NO2.C6H5ClO2S.K.H3NO.H2O/c1-24-19(23)15-7-9-16(10-8-15)20-17-11-12-21(13-17)18(22)14-5-3-2-4-6-14;22-17(20-24)13-6-8-15(9-7-13)19-16-10-11-21(12-16)18(23)14-4-2-1-3-5-14;1-16-13(15)10-6-8-12(9-7-10)14-11-4-2-3-5-11;7-10(8,9)6-4-2-1-3-5-6;;1-2;/h2-10,17,20H,11-13H2,1H3;1-9,16,19,24H,10-12H2,(H,20,22);6-9,11,14H,2-5H2,1H3;1-5H;;2H,1H2;1H2/q;;;;+1;;/p-1. The molecule has 2 unspecified atom stereocenters. The van der Waals surface area contributed by atoms with Crippen molar-refractivity contribution in [3.63, 3.8) is 0 Å². The van der Waals surface area contributed by atoms with E-state index in [1.807, 2.05) is 94.7 Å². The third-order valence-corrected chi connectivity index (χ3v) is 13.7. The van der Waals surface area contributed by atoms with E-state index in [9.17, 15) is 32.4 Å². The quantitative estimate of drug-likeness (QED) is 0.0260. The number of hydroxylamine groups is 1. The van der Waals surface area contributed by atoms with Gasteiger partial charge in [-0.1, -0.05) is 67.4 Å². The predicted molar refractivity (Wildman–Crippen MR) is 293 cm³/mol. The van der Waals surface area contributed by atoms with Crippen LogP contribution in [0.1, 0.15) is 90.3 Å². The maximum Gasteiger partial charge on any atom is 1.00 e. The molecule has 22 heteroatoms. The molecule has 0 bridgehead atoms. The van der Waals surface area contributed by atoms with Crippen molar-refractivity contribution in [1.82, 2.24) is 15.3 Å². The summed E-state index contributed by atoms with van der Waals surface area (Å²) >= 11 is 0. The van der Waals surface area contributed by atoms with Gasteiger partial charge in [-0.15, -0.1) is 0 Å². The van der Waals surface area contributed by atoms with Crippen molar-refractivity contribution in [3.05, 3.63) is 192 Å². The number of hydrogen-bond acceptors (Lipinski definition) is 16. The van der Waals surface area contributed by atoms with Gasteiger partial charge in [0.05, 0.1) is 30.2 Å². The maximum absolute atomic E-state index is 12.4. The normalized spacial score (nSPS) is 15.1. The van der Waals surface area contributed by atoms with E-state index in [1.165, 1.54) is 52.0 Å². The number of nitrogens with one attached hydrogen (secondary N) is 4. The first-order valence-corrected chi connectivity index (χ1v) is 26.7. The Balaban J connectivity index is 0.000000279. The van der Waals surface area contributed by atoms with Crippen molar-refractivity contribution < 1.29 is 109 Å². The molecule has 2 atom stereocenters. The number of benzene rings is 6. The Kier molecular flexibility index (Phi) is 29.3. The molecule has 19 nitrogen and oxygen atoms in total. The second kappa shape index (κ2) is 34.6. The van der Waals surface area contributed by atoms with Gasteiger partial charge in [-0.2, -0.15) is 0 Å². The van der Waals surface area contributed by atoms with Gasteiger partial charge in [0.2, 0.25) is 0 Å². The molecule has 0 spiro atoms. The number of methoxy groups -OCH3 is 2. The van der Waals surface area contributed by atoms with Gasteiger partial charge in [-0.3, -0.25) is 19.6 Å². The van der Waals surface area contributed by atoms with E-state index in [1.54, 1.807) is 72.2 Å². The van der Waals surface area contributed by atoms with Crippen LogP contribution in [0, 0.1) is 0 Å². The van der Waals surface area contributed by atoms with E-state index < -0.39 is 15.0 Å². The molecule has 3 aliphatic rings. The molecule has 9 N–H and O–H groups in total. The first-order valence-electron chi connectivity index (χ1n) is 24.4. The molecule has 410 valence electrons. The van der Waals surface area contributed by atoms with E-state index in [0.717, 1.165) is 48.6 Å². The molecule has 3 fully saturated rings. The molecule has 2 aliphatic heterocycles. The minimum absolute atomic E-state index is 0. The second-order valence-corrected chi connectivity index (χ2v) is 20.1. The Hall–Kier alpha value is -6.21. The fraction of sp³-hybridized carbons (Fsp3) is 0.268. The molecule has 0 aromatic heterocycles. The van der Waals surface area contributed by atoms with Crippen molar-refractivity contribution in [3.8, 4) is 0 Å². The zero-order valence-corrected chi connectivity index (χ0v) is 48.4. The average molecular weight is 1130 g/mol. The summed E-state index contributed by atoms with van der Waals surface area (Å²) in [5, 5.41) is 25.4. The molecule has 6 aromatic carbocycles. The Morgan fingerprint density at radius 2 is 0.846 bits per heavy atom. The number of nitrogens with two attached hydrogens (primary N) is 1. The number of hydrogen-bond donors (Lipinski definition) is 7. The number of ether oxygens (including phenoxy) is 2. The SMILES string of the molecule is COC(=O)c1ccc(NC2CCCC2)cc1.COC(=O)c1ccc(NC2CCN(C(=O)c3ccccc3)C2)cc1.NO.O=C(NO)c1ccc(NC2CCN(C(=O)c3ccccc3)C2)cc1.O=S(=O)(Cl)c1ccccc1.[K+].[OH-]. The first kappa shape index (κ1) is 66.1. The number of carbonyl (C=O) groups is 5. The van der Waals surface area contributed by atoms with Crippen LogP contribution in [0.2, 0.25) is 0 Å². The summed E-state index contributed by atoms with van der Waals surface area (Å²) in [5.41, 5.74) is 7.43. The minimum atomic E-state index is -3.53. The minimum Gasteiger partial charge on any atom is -0.870 e. The van der Waals surface area contributed by atoms with Crippen LogP contribution in [0.4, 0.5) is 17.1 Å². The number of halogens is 1. The third kappa shape index (κ3) is 21.2. The van der Waals surface area contributed by atoms with E-state index in [2.05, 4.69) is 31.3 Å². The van der Waals surface area contributed by atoms with Gasteiger partial charge in [-0.25, -0.2) is 29.4 Å². The van der Waals surface area contributed by atoms with Gasteiger partial charge in [0.25, 0.3) is 26.8 Å². The number of rotatable bonds is 12. The molecular weight excluding hydrogens is 1070 g/mol. The number of anilines is 3. The molecule has 1 saturated carbocycles. The number of nitrogens with zero attached hydrogens (tertiary/aromatic N) is 2. The summed E-state index contributed by atoms with van der Waals surface area (Å²) in [5.74, 6) is 2.45. The molecule has 2 saturated heterocycles. The Morgan fingerprint density at radius 3 is 1.17 bits per heavy atom. The molecule has 2 heterocycles. The van der Waals surface area contributed by atoms with Gasteiger partial charge in [0, 0.05) is 88.7 Å². The summed E-state index contributed by atoms with van der Waals surface area (Å²) in [7, 11) is 4.26. The van der Waals surface area contributed by atoms with Crippen LogP contribution in [0.15, 0.2) is 169 Å². The van der Waals surface area contributed by atoms with Crippen molar-refractivity contribution in [2.45, 2.75) is 61.5 Å². The fourth-order valence-electron chi connectivity index (χ4n) is 8.44. The Bertz CT molecular complexity index is 2750. The van der Waals surface area contributed by atoms with E-state index in [-0.39, 0.29) is 97.6 Å². The maximum atomic E-state index is 12.4. The van der Waals surface area contributed by atoms with E-state index >= 15 is 0 Å². The number of esters is 2. The second-order valence-electron chi connectivity index (χ2n) is 17.5. The molecule has 6 aromatic rings. The largest absolute Gasteiger partial charge is 1.00 e. The number of carbonyl (C=O) groups excluding carboxylic acids is 5. The average Bonchev–Trinajstić information content (AvgIpc) is 4.28. The van der Waals surface area contributed by atoms with Crippen molar-refractivity contribution in [2.24, 2.45) is 5.90 Å². The molecular formula is C56H65ClKN7O12S. The van der Waals surface area contributed by atoms with Crippen LogP contribution in [0.3, 0.4) is 0 Å². The smallest absolute Gasteiger partial charge is 0.870 e. The summed E-state index contributed by atoms with van der Waals surface area (Å²) in [4.78, 5) is 62.7. The predicted octanol–water partition coefficient (Wildman–Crippen LogP) is 5.54. The molecule has 1 aliphatic carbocycles. The van der Waals surface area contributed by atoms with Crippen LogP contribution in [0.5, 0.6) is 0 Å². The summed E-state index contributed by atoms with van der Waals surface area (Å²) in [6, 6.07) is 48.9. The Morgan fingerprint density at radius 1 is 0.513 bits per heavy atom. The fourth-order valence-corrected chi connectivity index (χ4v) is 9.23. The third-order valence-electron chi connectivity index (χ3n) is 12.3. The molecule has 3 amide bonds. The van der Waals surface area contributed by atoms with Crippen LogP contribution in [0.25, 0.3) is 0 Å². The van der Waals surface area contributed by atoms with Crippen molar-refractivity contribution in [2.75, 3.05) is 56.3 Å². The van der Waals surface area contributed by atoms with Crippen LogP contribution < -0.4 is 78.7 Å². The summed E-state index contributed by atoms with van der Waals surface area (Å²) < 4.78 is 30.5. The zero-order chi connectivity index (χ0) is 54.9. The number of likely N-dealkylation sites (tertiary alicyclic amines) is 2. The monoisotopic (exact) mass is 1130 g/mol. The van der Waals surface area contributed by atoms with Gasteiger partial charge in [0.1, 0.15) is 0 Å². The topological polar surface area (TPSA) is 289 Å². The zero-order valence-electron chi connectivity index (χ0n) is 43.7. The van der Waals surface area contributed by atoms with E-state index in [0.29, 0.717) is 41.4 Å². The van der Waals surface area contributed by atoms with Crippen LogP contribution in [-0.2, 0) is 18.5 Å². The number of amides is 3. The van der Waals surface area contributed by atoms with Crippen LogP contribution >= 0.6 is 10.7 Å². The molecule has 78 heavy (non-hydrogen) atoms.